The molecule has 0 fully saturated rings. The number of fused-ring (bicyclic) bond motifs is 2. The predicted octanol–water partition coefficient (Wildman–Crippen LogP) is 3.89. The largest absolute Gasteiger partial charge is 0.481 e. The number of nitrogens with two attached hydrogens (primary N) is 1. The second-order valence-electron chi connectivity index (χ2n) is 7.51. The first-order valence-electron chi connectivity index (χ1n) is 9.75. The molecule has 1 atom stereocenters. The van der Waals surface area contributed by atoms with Crippen molar-refractivity contribution in [2.24, 2.45) is 0 Å². The van der Waals surface area contributed by atoms with Gasteiger partial charge in [0.2, 0.25) is 5.95 Å². The summed E-state index contributed by atoms with van der Waals surface area (Å²) in [4.78, 5) is 19.6. The Morgan fingerprint density at radius 2 is 2.10 bits per heavy atom. The number of aromatic amines is 1. The van der Waals surface area contributed by atoms with Crippen molar-refractivity contribution in [1.29, 1.82) is 0 Å². The molecule has 2 aromatic carbocycles. The zero-order valence-corrected chi connectivity index (χ0v) is 15.8. The van der Waals surface area contributed by atoms with Crippen molar-refractivity contribution in [2.45, 2.75) is 31.6 Å². The average molecular weight is 387 g/mol. The van der Waals surface area contributed by atoms with Gasteiger partial charge in [0.25, 0.3) is 0 Å². The number of aliphatic carboxylic acids is 1. The lowest BCUT2D eigenvalue weighted by Gasteiger charge is -2.22. The highest BCUT2D eigenvalue weighted by molar-refractivity contribution is 5.77. The number of anilines is 1. The molecule has 146 valence electrons. The van der Waals surface area contributed by atoms with Crippen molar-refractivity contribution < 1.29 is 9.90 Å². The van der Waals surface area contributed by atoms with Crippen LogP contribution in [0.1, 0.15) is 36.4 Å². The molecule has 1 unspecified atom stereocenters. The van der Waals surface area contributed by atoms with Gasteiger partial charge in [-0.05, 0) is 49.4 Å². The van der Waals surface area contributed by atoms with Crippen molar-refractivity contribution in [1.82, 2.24) is 19.7 Å². The number of nitrogen functional groups attached to an aromatic ring is 1. The summed E-state index contributed by atoms with van der Waals surface area (Å²) in [5.74, 6) is -0.225. The molecule has 0 bridgehead atoms. The molecule has 7 heteroatoms. The Morgan fingerprint density at radius 3 is 2.90 bits per heavy atom. The molecular weight excluding hydrogens is 366 g/mol. The lowest BCUT2D eigenvalue weighted by atomic mass is 9.82. The summed E-state index contributed by atoms with van der Waals surface area (Å²) in [6.45, 7) is 0. The number of carboxylic acid groups (broad SMARTS) is 1. The lowest BCUT2D eigenvalue weighted by Crippen LogP contribution is -2.15. The number of imidazole rings is 1. The number of hydrogen-bond acceptors (Lipinski definition) is 4. The Hall–Kier alpha value is -3.61. The van der Waals surface area contributed by atoms with Gasteiger partial charge in [0, 0.05) is 16.8 Å². The van der Waals surface area contributed by atoms with Gasteiger partial charge in [0.15, 0.2) is 0 Å². The third-order valence-electron chi connectivity index (χ3n) is 5.55. The standard InChI is InChI=1S/C22H21N5O2/c23-15-7-3-6-14(11-15)21-20-13(12-19(28)29)5-4-10-18(20)27(26-21)22-24-16-8-1-2-9-17(16)25-22/h1-3,6-9,11,13H,4-5,10,12,23H2,(H,24,25)(H,28,29). The van der Waals surface area contributed by atoms with Gasteiger partial charge in [-0.3, -0.25) is 4.79 Å². The number of nitrogens with one attached hydrogen (secondary N) is 1. The minimum atomic E-state index is -0.794. The van der Waals surface area contributed by atoms with Gasteiger partial charge in [-0.15, -0.1) is 0 Å². The van der Waals surface area contributed by atoms with Crippen LogP contribution in [-0.4, -0.2) is 30.8 Å². The second-order valence-corrected chi connectivity index (χ2v) is 7.51. The first-order valence-corrected chi connectivity index (χ1v) is 9.75. The summed E-state index contributed by atoms with van der Waals surface area (Å²) in [7, 11) is 0. The van der Waals surface area contributed by atoms with E-state index in [1.807, 2.05) is 53.2 Å². The Kier molecular flexibility index (Phi) is 4.08. The van der Waals surface area contributed by atoms with Gasteiger partial charge in [-0.2, -0.15) is 5.10 Å². The molecule has 4 N–H and O–H groups in total. The van der Waals surface area contributed by atoms with Crippen LogP contribution in [0.15, 0.2) is 48.5 Å². The van der Waals surface area contributed by atoms with Crippen LogP contribution in [0.4, 0.5) is 5.69 Å². The average Bonchev–Trinajstić information content (AvgIpc) is 3.29. The number of nitrogens with zero attached hydrogens (tertiary/aromatic N) is 3. The predicted molar refractivity (Wildman–Crippen MR) is 111 cm³/mol. The van der Waals surface area contributed by atoms with Crippen LogP contribution in [0.25, 0.3) is 28.2 Å². The van der Waals surface area contributed by atoms with Crippen molar-refractivity contribution in [2.75, 3.05) is 5.73 Å². The summed E-state index contributed by atoms with van der Waals surface area (Å²) in [5, 5.41) is 14.4. The van der Waals surface area contributed by atoms with E-state index < -0.39 is 5.97 Å². The van der Waals surface area contributed by atoms with Gasteiger partial charge < -0.3 is 15.8 Å². The number of H-pyrrole nitrogens is 1. The van der Waals surface area contributed by atoms with E-state index in [9.17, 15) is 9.90 Å². The maximum Gasteiger partial charge on any atom is 0.303 e. The maximum absolute atomic E-state index is 11.5. The molecule has 0 radical (unpaired) electrons. The molecule has 0 aliphatic heterocycles. The Morgan fingerprint density at radius 1 is 1.24 bits per heavy atom. The second kappa shape index (κ2) is 6.77. The molecule has 2 heterocycles. The summed E-state index contributed by atoms with van der Waals surface area (Å²) >= 11 is 0. The molecule has 0 spiro atoms. The lowest BCUT2D eigenvalue weighted by molar-refractivity contribution is -0.137. The number of benzene rings is 2. The van der Waals surface area contributed by atoms with E-state index in [2.05, 4.69) is 4.98 Å². The summed E-state index contributed by atoms with van der Waals surface area (Å²) in [6.07, 6.45) is 2.68. The van der Waals surface area contributed by atoms with Crippen molar-refractivity contribution in [3.8, 4) is 17.2 Å². The van der Waals surface area contributed by atoms with E-state index >= 15 is 0 Å². The maximum atomic E-state index is 11.5. The van der Waals surface area contributed by atoms with Crippen LogP contribution in [0.2, 0.25) is 0 Å². The summed E-state index contributed by atoms with van der Waals surface area (Å²) in [5.41, 5.74) is 12.2. The van der Waals surface area contributed by atoms with Crippen molar-refractivity contribution >= 4 is 22.7 Å². The third-order valence-corrected chi connectivity index (χ3v) is 5.55. The molecule has 0 amide bonds. The SMILES string of the molecule is Nc1cccc(-c2nn(-c3nc4ccccc4[nH]3)c3c2C(CC(=O)O)CCC3)c1. The van der Waals surface area contributed by atoms with Gasteiger partial charge in [-0.1, -0.05) is 24.3 Å². The van der Waals surface area contributed by atoms with Crippen LogP contribution < -0.4 is 5.73 Å². The normalized spacial score (nSPS) is 16.1. The monoisotopic (exact) mass is 387 g/mol. The van der Waals surface area contributed by atoms with E-state index in [4.69, 9.17) is 15.8 Å². The number of hydrogen-bond donors (Lipinski definition) is 3. The highest BCUT2D eigenvalue weighted by Crippen LogP contribution is 2.41. The molecular formula is C22H21N5O2. The molecule has 7 nitrogen and oxygen atoms in total. The Bertz CT molecular complexity index is 1190. The minimum Gasteiger partial charge on any atom is -0.481 e. The Labute approximate surface area is 167 Å². The number of carbonyl (C=O) groups is 1. The number of para-hydroxylation sites is 2. The minimum absolute atomic E-state index is 0.0780. The smallest absolute Gasteiger partial charge is 0.303 e. The molecule has 1 aliphatic rings. The van der Waals surface area contributed by atoms with Crippen molar-refractivity contribution in [3.05, 3.63) is 59.8 Å². The van der Waals surface area contributed by atoms with Gasteiger partial charge >= 0.3 is 5.97 Å². The quantitative estimate of drug-likeness (QED) is 0.460. The van der Waals surface area contributed by atoms with E-state index in [-0.39, 0.29) is 12.3 Å². The molecule has 29 heavy (non-hydrogen) atoms. The van der Waals surface area contributed by atoms with Gasteiger partial charge in [0.1, 0.15) is 0 Å². The molecule has 4 aromatic rings. The highest BCUT2D eigenvalue weighted by atomic mass is 16.4. The Balaban J connectivity index is 1.73. The van der Waals surface area contributed by atoms with Crippen LogP contribution in [0.5, 0.6) is 0 Å². The fourth-order valence-corrected chi connectivity index (χ4v) is 4.32. The molecule has 1 aliphatic carbocycles. The van der Waals surface area contributed by atoms with Crippen molar-refractivity contribution in [3.63, 3.8) is 0 Å². The fourth-order valence-electron chi connectivity index (χ4n) is 4.32. The van der Waals surface area contributed by atoms with Crippen LogP contribution >= 0.6 is 0 Å². The zero-order chi connectivity index (χ0) is 20.0. The molecule has 0 saturated carbocycles. The highest BCUT2D eigenvalue weighted by Gasteiger charge is 2.31. The summed E-state index contributed by atoms with van der Waals surface area (Å²) in [6, 6.07) is 15.4. The van der Waals surface area contributed by atoms with E-state index in [1.165, 1.54) is 0 Å². The van der Waals surface area contributed by atoms with E-state index in [1.54, 1.807) is 0 Å². The molecule has 0 saturated heterocycles. The van der Waals surface area contributed by atoms with Crippen LogP contribution in [0.3, 0.4) is 0 Å². The summed E-state index contributed by atoms with van der Waals surface area (Å²) < 4.78 is 1.85. The topological polar surface area (TPSA) is 110 Å². The fraction of sp³-hybridized carbons (Fsp3) is 0.227. The van der Waals surface area contributed by atoms with E-state index in [0.29, 0.717) is 11.6 Å². The number of aromatic nitrogens is 4. The van der Waals surface area contributed by atoms with Crippen LogP contribution in [0, 0.1) is 0 Å². The number of carboxylic acids is 1. The van der Waals surface area contributed by atoms with Gasteiger partial charge in [0.05, 0.1) is 28.8 Å². The molecule has 5 rings (SSSR count). The van der Waals surface area contributed by atoms with Gasteiger partial charge in [-0.25, -0.2) is 9.67 Å². The van der Waals surface area contributed by atoms with E-state index in [0.717, 1.165) is 52.8 Å². The first-order chi connectivity index (χ1) is 14.1. The third kappa shape index (κ3) is 3.04. The van der Waals surface area contributed by atoms with Crippen LogP contribution in [-0.2, 0) is 11.2 Å². The zero-order valence-electron chi connectivity index (χ0n) is 15.8. The first kappa shape index (κ1) is 17.5. The number of rotatable bonds is 4. The molecule has 2 aromatic heterocycles.